The number of nitrogens with one attached hydrogen (secondary N) is 1. The summed E-state index contributed by atoms with van der Waals surface area (Å²) >= 11 is 3.32. The molecule has 1 N–H and O–H groups in total. The Labute approximate surface area is 154 Å². The number of hydrogen-bond acceptors (Lipinski definition) is 3. The first-order valence-electron chi connectivity index (χ1n) is 7.61. The molecule has 0 fully saturated rings. The van der Waals surface area contributed by atoms with Gasteiger partial charge in [0, 0.05) is 25.1 Å². The molecule has 1 aromatic heterocycles. The predicted octanol–water partition coefficient (Wildman–Crippen LogP) is 2.43. The first-order chi connectivity index (χ1) is 11.7. The highest BCUT2D eigenvalue weighted by Gasteiger charge is 2.21. The molecule has 0 atom stereocenters. The summed E-state index contributed by atoms with van der Waals surface area (Å²) in [6.07, 6.45) is 0. The third-order valence-corrected chi connectivity index (χ3v) is 6.69. The van der Waals surface area contributed by atoms with E-state index in [0.29, 0.717) is 15.5 Å². The summed E-state index contributed by atoms with van der Waals surface area (Å²) < 4.78 is 31.5. The minimum Gasteiger partial charge on any atom is -0.295 e. The Morgan fingerprint density at radius 3 is 2.32 bits per heavy atom. The zero-order valence-electron chi connectivity index (χ0n) is 14.1. The maximum atomic E-state index is 12.7. The number of imidazole rings is 1. The van der Waals surface area contributed by atoms with Crippen molar-refractivity contribution >= 4 is 37.0 Å². The number of aromatic nitrogens is 2. The Morgan fingerprint density at radius 2 is 1.68 bits per heavy atom. The van der Waals surface area contributed by atoms with Crippen molar-refractivity contribution in [1.82, 2.24) is 13.9 Å². The van der Waals surface area contributed by atoms with Crippen molar-refractivity contribution in [3.63, 3.8) is 0 Å². The Hall–Kier alpha value is -1.90. The smallest absolute Gasteiger partial charge is 0.295 e. The molecule has 132 valence electrons. The number of rotatable bonds is 4. The molecule has 6 nitrogen and oxygen atoms in total. The van der Waals surface area contributed by atoms with Crippen LogP contribution < -0.4 is 10.4 Å². The van der Waals surface area contributed by atoms with E-state index in [4.69, 9.17) is 0 Å². The Morgan fingerprint density at radius 1 is 1.08 bits per heavy atom. The first kappa shape index (κ1) is 17.9. The van der Waals surface area contributed by atoms with E-state index >= 15 is 0 Å². The van der Waals surface area contributed by atoms with Crippen molar-refractivity contribution in [2.24, 2.45) is 14.1 Å². The largest absolute Gasteiger partial charge is 0.328 e. The van der Waals surface area contributed by atoms with E-state index in [1.165, 1.54) is 15.2 Å². The van der Waals surface area contributed by atoms with Gasteiger partial charge in [0.25, 0.3) is 0 Å². The van der Waals surface area contributed by atoms with E-state index in [-0.39, 0.29) is 17.1 Å². The molecule has 0 amide bonds. The van der Waals surface area contributed by atoms with E-state index < -0.39 is 10.0 Å². The number of fused-ring (bicyclic) bond motifs is 1. The van der Waals surface area contributed by atoms with Crippen LogP contribution in [0.25, 0.3) is 11.0 Å². The van der Waals surface area contributed by atoms with Crippen molar-refractivity contribution in [3.05, 3.63) is 62.5 Å². The Balaban J connectivity index is 2.02. The van der Waals surface area contributed by atoms with Gasteiger partial charge in [-0.3, -0.25) is 9.13 Å². The third kappa shape index (κ3) is 3.17. The molecule has 8 heteroatoms. The van der Waals surface area contributed by atoms with Crippen LogP contribution in [-0.4, -0.2) is 17.6 Å². The van der Waals surface area contributed by atoms with Crippen molar-refractivity contribution in [2.45, 2.75) is 18.4 Å². The molecule has 0 spiro atoms. The van der Waals surface area contributed by atoms with Crippen molar-refractivity contribution in [1.29, 1.82) is 0 Å². The molecule has 1 heterocycles. The van der Waals surface area contributed by atoms with Crippen LogP contribution in [0.4, 0.5) is 0 Å². The van der Waals surface area contributed by atoms with Crippen molar-refractivity contribution in [2.75, 3.05) is 0 Å². The lowest BCUT2D eigenvalue weighted by atomic mass is 10.1. The first-order valence-corrected chi connectivity index (χ1v) is 9.89. The monoisotopic (exact) mass is 423 g/mol. The van der Waals surface area contributed by atoms with Gasteiger partial charge in [-0.2, -0.15) is 0 Å². The van der Waals surface area contributed by atoms with Gasteiger partial charge < -0.3 is 0 Å². The molecule has 3 rings (SSSR count). The summed E-state index contributed by atoms with van der Waals surface area (Å²) in [6.45, 7) is 2.14. The van der Waals surface area contributed by atoms with Crippen LogP contribution in [0.1, 0.15) is 11.1 Å². The summed E-state index contributed by atoms with van der Waals surface area (Å²) in [5.41, 5.74) is 2.95. The van der Waals surface area contributed by atoms with Gasteiger partial charge in [-0.25, -0.2) is 17.9 Å². The maximum Gasteiger partial charge on any atom is 0.328 e. The summed E-state index contributed by atoms with van der Waals surface area (Å²) in [6, 6.07) is 10.8. The molecule has 0 unspecified atom stereocenters. The van der Waals surface area contributed by atoms with Crippen LogP contribution in [0.15, 0.2) is 50.6 Å². The molecule has 25 heavy (non-hydrogen) atoms. The normalized spacial score (nSPS) is 12.0. The van der Waals surface area contributed by atoms with E-state index in [9.17, 15) is 13.2 Å². The van der Waals surface area contributed by atoms with Crippen molar-refractivity contribution in [3.8, 4) is 0 Å². The maximum absolute atomic E-state index is 12.7. The van der Waals surface area contributed by atoms with Gasteiger partial charge in [0.1, 0.15) is 0 Å². The van der Waals surface area contributed by atoms with Gasteiger partial charge in [0.2, 0.25) is 10.0 Å². The average molecular weight is 424 g/mol. The van der Waals surface area contributed by atoms with Gasteiger partial charge in [0.15, 0.2) is 0 Å². The molecule has 0 aliphatic heterocycles. The molecule has 0 saturated carbocycles. The highest BCUT2D eigenvalue weighted by molar-refractivity contribution is 9.10. The van der Waals surface area contributed by atoms with Gasteiger partial charge in [-0.1, -0.05) is 24.3 Å². The second-order valence-electron chi connectivity index (χ2n) is 5.92. The molecular weight excluding hydrogens is 406 g/mol. The number of hydrogen-bond donors (Lipinski definition) is 1. The number of halogens is 1. The lowest BCUT2D eigenvalue weighted by Crippen LogP contribution is -2.24. The second kappa shape index (κ2) is 6.44. The van der Waals surface area contributed by atoms with Crippen molar-refractivity contribution < 1.29 is 8.42 Å². The van der Waals surface area contributed by atoms with Gasteiger partial charge in [0.05, 0.1) is 15.9 Å². The van der Waals surface area contributed by atoms with Gasteiger partial charge >= 0.3 is 5.69 Å². The average Bonchev–Trinajstić information content (AvgIpc) is 2.77. The minimum atomic E-state index is -3.74. The van der Waals surface area contributed by atoms with E-state index in [0.717, 1.165) is 11.1 Å². The number of nitrogens with zero attached hydrogens (tertiary/aromatic N) is 2. The molecule has 2 aromatic carbocycles. The highest BCUT2D eigenvalue weighted by Crippen LogP contribution is 2.27. The fraction of sp³-hybridized carbons (Fsp3) is 0.235. The van der Waals surface area contributed by atoms with E-state index in [1.807, 2.05) is 31.2 Å². The standard InChI is InChI=1S/C17H18BrN3O3S/c1-11-6-4-5-7-12(11)10-19-25(23,24)16-9-15-14(8-13(16)18)20(2)17(22)21(15)3/h4-9,19H,10H2,1-3H3. The van der Waals surface area contributed by atoms with Gasteiger partial charge in [-0.05, 0) is 46.1 Å². The van der Waals surface area contributed by atoms with E-state index in [1.54, 1.807) is 20.2 Å². The fourth-order valence-electron chi connectivity index (χ4n) is 2.77. The fourth-order valence-corrected chi connectivity index (χ4v) is 4.82. The van der Waals surface area contributed by atoms with E-state index in [2.05, 4.69) is 20.7 Å². The number of sulfonamides is 1. The third-order valence-electron chi connectivity index (χ3n) is 4.33. The molecule has 0 bridgehead atoms. The zero-order valence-corrected chi connectivity index (χ0v) is 16.5. The molecule has 0 aliphatic rings. The number of benzene rings is 2. The van der Waals surface area contributed by atoms with Crippen LogP contribution in [0.5, 0.6) is 0 Å². The zero-order chi connectivity index (χ0) is 18.4. The lowest BCUT2D eigenvalue weighted by molar-refractivity contribution is 0.581. The van der Waals surface area contributed by atoms with Crippen LogP contribution in [-0.2, 0) is 30.7 Å². The quantitative estimate of drug-likeness (QED) is 0.699. The number of aryl methyl sites for hydroxylation is 3. The summed E-state index contributed by atoms with van der Waals surface area (Å²) in [5.74, 6) is 0. The predicted molar refractivity (Wildman–Crippen MR) is 101 cm³/mol. The van der Waals surface area contributed by atoms with Crippen LogP contribution in [0.2, 0.25) is 0 Å². The summed E-state index contributed by atoms with van der Waals surface area (Å²) in [5, 5.41) is 0. The van der Waals surface area contributed by atoms with Crippen LogP contribution in [0.3, 0.4) is 0 Å². The highest BCUT2D eigenvalue weighted by atomic mass is 79.9. The second-order valence-corrected chi connectivity index (χ2v) is 8.51. The van der Waals surface area contributed by atoms with Gasteiger partial charge in [-0.15, -0.1) is 0 Å². The molecule has 3 aromatic rings. The lowest BCUT2D eigenvalue weighted by Gasteiger charge is -2.11. The topological polar surface area (TPSA) is 73.1 Å². The molecule has 0 aliphatic carbocycles. The molecule has 0 radical (unpaired) electrons. The van der Waals surface area contributed by atoms with Crippen LogP contribution in [0, 0.1) is 6.92 Å². The summed E-state index contributed by atoms with van der Waals surface area (Å²) in [4.78, 5) is 12.2. The SMILES string of the molecule is Cc1ccccc1CNS(=O)(=O)c1cc2c(cc1Br)n(C)c(=O)n2C. The Kier molecular flexibility index (Phi) is 4.61. The van der Waals surface area contributed by atoms with Crippen LogP contribution >= 0.6 is 15.9 Å². The molecular formula is C17H18BrN3O3S. The summed E-state index contributed by atoms with van der Waals surface area (Å²) in [7, 11) is -0.464. The Bertz CT molecular complexity index is 1130. The molecule has 0 saturated heterocycles. The minimum absolute atomic E-state index is 0.106.